The third kappa shape index (κ3) is 5.54. The van der Waals surface area contributed by atoms with E-state index >= 15 is 0 Å². The molecule has 46 heavy (non-hydrogen) atoms. The number of hydrogen-bond acceptors (Lipinski definition) is 6. The van der Waals surface area contributed by atoms with E-state index in [-0.39, 0.29) is 17.7 Å². The van der Waals surface area contributed by atoms with Gasteiger partial charge in [-0.25, -0.2) is 0 Å². The average molecular weight is 638 g/mol. The Kier molecular flexibility index (Phi) is 8.02. The van der Waals surface area contributed by atoms with Gasteiger partial charge in [0.1, 0.15) is 17.6 Å². The van der Waals surface area contributed by atoms with Crippen molar-refractivity contribution < 1.29 is 18.6 Å². The number of carbonyl (C=O) groups excluding carboxylic acids is 2. The Morgan fingerprint density at radius 2 is 1.85 bits per heavy atom. The lowest BCUT2D eigenvalue weighted by Crippen LogP contribution is -2.40. The molecule has 0 spiro atoms. The molecule has 1 saturated carbocycles. The summed E-state index contributed by atoms with van der Waals surface area (Å²) in [5.74, 6) is 0.773. The van der Waals surface area contributed by atoms with Gasteiger partial charge in [0.25, 0.3) is 11.8 Å². The monoisotopic (exact) mass is 637 g/mol. The van der Waals surface area contributed by atoms with E-state index in [9.17, 15) is 14.1 Å². The SMILES string of the molecule is CNC(=O)c1c(-c2ccc(C)cc2)oc2cc(N(C)[S+](C)[O-])c([C@H]3CCCN(C(=O)c4nn(CC5CC5)c5ccccc45)C3)cc12. The minimum atomic E-state index is -1.31. The highest BCUT2D eigenvalue weighted by atomic mass is 32.2. The number of piperidine rings is 1. The van der Waals surface area contributed by atoms with Crippen LogP contribution in [0.1, 0.15) is 63.6 Å². The lowest BCUT2D eigenvalue weighted by molar-refractivity contribution is 0.0702. The Labute approximate surface area is 271 Å². The van der Waals surface area contributed by atoms with Crippen LogP contribution in [0.2, 0.25) is 0 Å². The molecule has 1 N–H and O–H groups in total. The van der Waals surface area contributed by atoms with Crippen LogP contribution >= 0.6 is 0 Å². The minimum absolute atomic E-state index is 0.0434. The standard InChI is InChI=1S/C36H39N5O4S/c1-22-11-15-24(16-12-22)34-32(35(42)37-2)28-18-27(30(19-31(28)45-34)39(3)46(4)44)25-8-7-17-40(21-25)36(43)33-26-9-5-6-10-29(26)41(38-33)20-23-13-14-23/h5-6,9-12,15-16,18-19,23,25H,7-8,13-14,17,20-21H2,1-4H3,(H,37,42)/t25-,46?/m0/s1. The molecular weight excluding hydrogens is 598 g/mol. The number of amides is 2. The van der Waals surface area contributed by atoms with Crippen molar-refractivity contribution in [2.75, 3.05) is 37.7 Å². The fraction of sp³-hybridized carbons (Fsp3) is 0.361. The molecule has 2 aromatic heterocycles. The summed E-state index contributed by atoms with van der Waals surface area (Å²) in [4.78, 5) is 29.4. The summed E-state index contributed by atoms with van der Waals surface area (Å²) in [6, 6.07) is 19.8. The number of benzene rings is 3. The zero-order valence-electron chi connectivity index (χ0n) is 26.7. The van der Waals surface area contributed by atoms with Crippen molar-refractivity contribution in [2.45, 2.75) is 45.1 Å². The second-order valence-corrected chi connectivity index (χ2v) is 14.1. The van der Waals surface area contributed by atoms with Gasteiger partial charge in [0.15, 0.2) is 5.69 Å². The van der Waals surface area contributed by atoms with E-state index in [1.54, 1.807) is 24.7 Å². The number of para-hydroxylation sites is 1. The van der Waals surface area contributed by atoms with Crippen molar-refractivity contribution in [3.8, 4) is 11.3 Å². The van der Waals surface area contributed by atoms with Gasteiger partial charge in [-0.05, 0) is 56.2 Å². The topological polar surface area (TPSA) is 107 Å². The van der Waals surface area contributed by atoms with Gasteiger partial charge < -0.3 is 19.2 Å². The number of aryl methyl sites for hydroxylation is 1. The summed E-state index contributed by atoms with van der Waals surface area (Å²) in [5.41, 5.74) is 6.12. The van der Waals surface area contributed by atoms with E-state index in [1.807, 2.05) is 77.2 Å². The highest BCUT2D eigenvalue weighted by Crippen LogP contribution is 2.42. The van der Waals surface area contributed by atoms with Gasteiger partial charge in [-0.3, -0.25) is 14.3 Å². The number of anilines is 1. The van der Waals surface area contributed by atoms with Gasteiger partial charge in [-0.2, -0.15) is 9.40 Å². The molecule has 2 aliphatic rings. The predicted octanol–water partition coefficient (Wildman–Crippen LogP) is 6.28. The van der Waals surface area contributed by atoms with Crippen molar-refractivity contribution >= 4 is 50.7 Å². The third-order valence-electron chi connectivity index (χ3n) is 9.47. The quantitative estimate of drug-likeness (QED) is 0.201. The smallest absolute Gasteiger partial charge is 0.275 e. The Bertz CT molecular complexity index is 1940. The number of likely N-dealkylation sites (tertiary alicyclic amines) is 1. The maximum absolute atomic E-state index is 14.1. The second-order valence-electron chi connectivity index (χ2n) is 12.7. The van der Waals surface area contributed by atoms with Gasteiger partial charge in [0.05, 0.1) is 35.2 Å². The van der Waals surface area contributed by atoms with Gasteiger partial charge in [0, 0.05) is 55.0 Å². The van der Waals surface area contributed by atoms with Crippen LogP contribution in [0.3, 0.4) is 0 Å². The number of nitrogens with one attached hydrogen (secondary N) is 1. The molecule has 7 rings (SSSR count). The number of fused-ring (bicyclic) bond motifs is 2. The van der Waals surface area contributed by atoms with Crippen LogP contribution in [0.4, 0.5) is 5.69 Å². The fourth-order valence-corrected chi connectivity index (χ4v) is 7.12. The van der Waals surface area contributed by atoms with Gasteiger partial charge in [-0.15, -0.1) is 0 Å². The molecule has 9 nitrogen and oxygen atoms in total. The lowest BCUT2D eigenvalue weighted by atomic mass is 9.88. The summed E-state index contributed by atoms with van der Waals surface area (Å²) in [6.07, 6.45) is 5.72. The van der Waals surface area contributed by atoms with Crippen LogP contribution in [0.25, 0.3) is 33.2 Å². The Morgan fingerprint density at radius 3 is 2.57 bits per heavy atom. The van der Waals surface area contributed by atoms with E-state index in [0.717, 1.165) is 52.7 Å². The minimum Gasteiger partial charge on any atom is -0.593 e. The summed E-state index contributed by atoms with van der Waals surface area (Å²) in [7, 11) is 3.42. The number of aromatic nitrogens is 2. The Balaban J connectivity index is 1.29. The summed E-state index contributed by atoms with van der Waals surface area (Å²) in [5, 5.41) is 9.21. The lowest BCUT2D eigenvalue weighted by Gasteiger charge is -2.34. The molecule has 2 fully saturated rings. The third-order valence-corrected chi connectivity index (χ3v) is 10.4. The molecule has 1 unspecified atom stereocenters. The summed E-state index contributed by atoms with van der Waals surface area (Å²) >= 11 is -1.31. The number of rotatable bonds is 8. The van der Waals surface area contributed by atoms with E-state index in [1.165, 1.54) is 12.8 Å². The number of hydrogen-bond donors (Lipinski definition) is 1. The maximum atomic E-state index is 14.1. The molecule has 10 heteroatoms. The maximum Gasteiger partial charge on any atom is 0.275 e. The Morgan fingerprint density at radius 1 is 1.09 bits per heavy atom. The largest absolute Gasteiger partial charge is 0.593 e. The van der Waals surface area contributed by atoms with Crippen LogP contribution in [0.15, 0.2) is 65.1 Å². The average Bonchev–Trinajstić information content (AvgIpc) is 3.71. The Hall–Kier alpha value is -4.28. The first-order valence-electron chi connectivity index (χ1n) is 15.9. The molecule has 1 aliphatic heterocycles. The van der Waals surface area contributed by atoms with Crippen molar-refractivity contribution in [1.29, 1.82) is 0 Å². The van der Waals surface area contributed by atoms with Crippen molar-refractivity contribution in [1.82, 2.24) is 20.0 Å². The zero-order chi connectivity index (χ0) is 32.1. The summed E-state index contributed by atoms with van der Waals surface area (Å²) < 4.78 is 23.0. The first-order valence-corrected chi connectivity index (χ1v) is 17.5. The molecule has 2 atom stereocenters. The van der Waals surface area contributed by atoms with Gasteiger partial charge >= 0.3 is 0 Å². The molecular formula is C36H39N5O4S. The fourth-order valence-electron chi connectivity index (χ4n) is 6.68. The van der Waals surface area contributed by atoms with E-state index in [0.29, 0.717) is 47.0 Å². The van der Waals surface area contributed by atoms with Crippen LogP contribution < -0.4 is 9.62 Å². The number of furan rings is 1. The predicted molar refractivity (Wildman–Crippen MR) is 183 cm³/mol. The van der Waals surface area contributed by atoms with E-state index in [2.05, 4.69) is 5.32 Å². The summed E-state index contributed by atoms with van der Waals surface area (Å²) in [6.45, 7) is 3.98. The molecule has 2 amide bonds. The van der Waals surface area contributed by atoms with Crippen LogP contribution in [-0.4, -0.2) is 64.5 Å². The van der Waals surface area contributed by atoms with E-state index < -0.39 is 11.4 Å². The molecule has 1 saturated heterocycles. The zero-order valence-corrected chi connectivity index (χ0v) is 27.5. The molecule has 3 aromatic carbocycles. The van der Waals surface area contributed by atoms with Gasteiger partial charge in [0.2, 0.25) is 0 Å². The molecule has 238 valence electrons. The number of nitrogens with zero attached hydrogens (tertiary/aromatic N) is 4. The first-order chi connectivity index (χ1) is 22.2. The highest BCUT2D eigenvalue weighted by molar-refractivity contribution is 7.92. The van der Waals surface area contributed by atoms with Crippen LogP contribution in [-0.2, 0) is 17.9 Å². The molecule has 0 radical (unpaired) electrons. The molecule has 3 heterocycles. The molecule has 5 aromatic rings. The molecule has 1 aliphatic carbocycles. The van der Waals surface area contributed by atoms with Crippen LogP contribution in [0.5, 0.6) is 0 Å². The highest BCUT2D eigenvalue weighted by Gasteiger charge is 2.33. The van der Waals surface area contributed by atoms with Crippen molar-refractivity contribution in [3.05, 3.63) is 83.0 Å². The first kappa shape index (κ1) is 30.4. The van der Waals surface area contributed by atoms with E-state index in [4.69, 9.17) is 9.52 Å². The number of carbonyl (C=O) groups is 2. The molecule has 0 bridgehead atoms. The normalized spacial score (nSPS) is 17.4. The van der Waals surface area contributed by atoms with Crippen molar-refractivity contribution in [3.63, 3.8) is 0 Å². The van der Waals surface area contributed by atoms with Gasteiger partial charge in [-0.1, -0.05) is 48.0 Å². The van der Waals surface area contributed by atoms with Crippen LogP contribution in [0, 0.1) is 12.8 Å². The van der Waals surface area contributed by atoms with Crippen molar-refractivity contribution in [2.24, 2.45) is 5.92 Å². The second kappa shape index (κ2) is 12.1.